The summed E-state index contributed by atoms with van der Waals surface area (Å²) >= 11 is 0. The van der Waals surface area contributed by atoms with Crippen molar-refractivity contribution in [2.24, 2.45) is 0 Å². The van der Waals surface area contributed by atoms with Gasteiger partial charge in [0.25, 0.3) is 5.91 Å². The molecule has 22 heavy (non-hydrogen) atoms. The van der Waals surface area contributed by atoms with Crippen LogP contribution in [0.5, 0.6) is 0 Å². The summed E-state index contributed by atoms with van der Waals surface area (Å²) in [5.41, 5.74) is 3.12. The molecule has 114 valence electrons. The molecule has 2 atom stereocenters. The molecule has 0 N–H and O–H groups in total. The van der Waals surface area contributed by atoms with Gasteiger partial charge < -0.3 is 4.90 Å². The Hall–Kier alpha value is -2.09. The molecule has 0 aliphatic carbocycles. The minimum absolute atomic E-state index is 0.166. The number of likely N-dealkylation sites (tertiary alicyclic amines) is 1. The lowest BCUT2D eigenvalue weighted by atomic mass is 9.96. The maximum atomic E-state index is 12.8. The molecule has 0 spiro atoms. The highest BCUT2D eigenvalue weighted by molar-refractivity contribution is 5.95. The highest BCUT2D eigenvalue weighted by Gasteiger charge is 2.29. The van der Waals surface area contributed by atoms with Crippen molar-refractivity contribution in [2.75, 3.05) is 0 Å². The number of piperidine rings is 1. The molecule has 2 nitrogen and oxygen atoms in total. The maximum Gasteiger partial charge on any atom is 0.254 e. The van der Waals surface area contributed by atoms with Crippen LogP contribution in [0.4, 0.5) is 0 Å². The summed E-state index contributed by atoms with van der Waals surface area (Å²) in [4.78, 5) is 14.9. The smallest absolute Gasteiger partial charge is 0.254 e. The molecule has 1 saturated heterocycles. The molecule has 1 heterocycles. The maximum absolute atomic E-state index is 12.8. The predicted molar refractivity (Wildman–Crippen MR) is 90.8 cm³/mol. The van der Waals surface area contributed by atoms with Crippen LogP contribution in [0.15, 0.2) is 54.6 Å². The Labute approximate surface area is 132 Å². The number of nitrogens with zero attached hydrogens (tertiary/aromatic N) is 1. The highest BCUT2D eigenvalue weighted by atomic mass is 16.2. The summed E-state index contributed by atoms with van der Waals surface area (Å²) < 4.78 is 0. The van der Waals surface area contributed by atoms with E-state index in [1.807, 2.05) is 42.5 Å². The van der Waals surface area contributed by atoms with E-state index in [0.29, 0.717) is 12.1 Å². The van der Waals surface area contributed by atoms with Gasteiger partial charge in [-0.15, -0.1) is 0 Å². The molecule has 1 fully saturated rings. The first kappa shape index (κ1) is 14.8. The molecule has 0 radical (unpaired) electrons. The van der Waals surface area contributed by atoms with E-state index >= 15 is 0 Å². The van der Waals surface area contributed by atoms with Gasteiger partial charge in [-0.25, -0.2) is 0 Å². The minimum atomic E-state index is 0.166. The Morgan fingerprint density at radius 3 is 2.00 bits per heavy atom. The van der Waals surface area contributed by atoms with Crippen LogP contribution in [0.25, 0.3) is 11.1 Å². The Morgan fingerprint density at radius 1 is 0.864 bits per heavy atom. The number of rotatable bonds is 2. The third kappa shape index (κ3) is 2.92. The number of carbonyl (C=O) groups excluding carboxylic acids is 1. The van der Waals surface area contributed by atoms with Crippen LogP contribution in [0.2, 0.25) is 0 Å². The molecule has 0 unspecified atom stereocenters. The van der Waals surface area contributed by atoms with E-state index < -0.39 is 0 Å². The zero-order chi connectivity index (χ0) is 15.5. The van der Waals surface area contributed by atoms with Crippen molar-refractivity contribution in [1.82, 2.24) is 4.90 Å². The van der Waals surface area contributed by atoms with Gasteiger partial charge in [0.1, 0.15) is 0 Å². The summed E-state index contributed by atoms with van der Waals surface area (Å²) in [7, 11) is 0. The first-order valence-electron chi connectivity index (χ1n) is 8.15. The monoisotopic (exact) mass is 293 g/mol. The van der Waals surface area contributed by atoms with Crippen LogP contribution >= 0.6 is 0 Å². The largest absolute Gasteiger partial charge is 0.333 e. The number of amides is 1. The second kappa shape index (κ2) is 6.35. The Bertz CT molecular complexity index is 623. The normalized spacial score (nSPS) is 21.6. The van der Waals surface area contributed by atoms with Crippen LogP contribution in [-0.2, 0) is 0 Å². The SMILES string of the molecule is C[C@@H]1CCC[C@@H](C)N1C(=O)c1ccc(-c2ccccc2)cc1. The Kier molecular flexibility index (Phi) is 4.28. The predicted octanol–water partition coefficient (Wildman–Crippen LogP) is 4.76. The molecule has 1 amide bonds. The van der Waals surface area contributed by atoms with Crippen LogP contribution < -0.4 is 0 Å². The lowest BCUT2D eigenvalue weighted by Crippen LogP contribution is -2.47. The Balaban J connectivity index is 1.82. The van der Waals surface area contributed by atoms with E-state index in [0.717, 1.165) is 24.0 Å². The molecule has 2 heteroatoms. The van der Waals surface area contributed by atoms with Crippen molar-refractivity contribution in [3.8, 4) is 11.1 Å². The highest BCUT2D eigenvalue weighted by Crippen LogP contribution is 2.26. The Morgan fingerprint density at radius 2 is 1.41 bits per heavy atom. The van der Waals surface area contributed by atoms with Crippen LogP contribution in [0.1, 0.15) is 43.5 Å². The fraction of sp³-hybridized carbons (Fsp3) is 0.350. The second-order valence-corrected chi connectivity index (χ2v) is 6.28. The van der Waals surface area contributed by atoms with Crippen molar-refractivity contribution in [3.05, 3.63) is 60.2 Å². The molecule has 3 rings (SSSR count). The number of hydrogen-bond donors (Lipinski definition) is 0. The van der Waals surface area contributed by atoms with Crippen molar-refractivity contribution >= 4 is 5.91 Å². The first-order chi connectivity index (χ1) is 10.7. The molecule has 0 bridgehead atoms. The number of benzene rings is 2. The third-order valence-corrected chi connectivity index (χ3v) is 4.67. The van der Waals surface area contributed by atoms with Gasteiger partial charge in [0.15, 0.2) is 0 Å². The van der Waals surface area contributed by atoms with E-state index in [-0.39, 0.29) is 5.91 Å². The molecule has 0 aromatic heterocycles. The lowest BCUT2D eigenvalue weighted by Gasteiger charge is -2.39. The minimum Gasteiger partial charge on any atom is -0.333 e. The number of hydrogen-bond acceptors (Lipinski definition) is 1. The summed E-state index contributed by atoms with van der Waals surface area (Å²) in [5, 5.41) is 0. The quantitative estimate of drug-likeness (QED) is 0.782. The van der Waals surface area contributed by atoms with E-state index in [2.05, 4.69) is 30.9 Å². The topological polar surface area (TPSA) is 20.3 Å². The molecule has 0 saturated carbocycles. The molecule has 1 aliphatic heterocycles. The summed E-state index contributed by atoms with van der Waals surface area (Å²) in [6.45, 7) is 4.32. The fourth-order valence-electron chi connectivity index (χ4n) is 3.41. The van der Waals surface area contributed by atoms with Gasteiger partial charge >= 0.3 is 0 Å². The van der Waals surface area contributed by atoms with Gasteiger partial charge in [0.05, 0.1) is 0 Å². The van der Waals surface area contributed by atoms with Crippen molar-refractivity contribution in [3.63, 3.8) is 0 Å². The van der Waals surface area contributed by atoms with Gasteiger partial charge in [-0.05, 0) is 56.4 Å². The van der Waals surface area contributed by atoms with E-state index in [9.17, 15) is 4.79 Å². The van der Waals surface area contributed by atoms with Gasteiger partial charge in [0, 0.05) is 17.6 Å². The van der Waals surface area contributed by atoms with E-state index in [1.165, 1.54) is 12.0 Å². The molecular formula is C20H23NO. The van der Waals surface area contributed by atoms with Gasteiger partial charge in [0.2, 0.25) is 0 Å². The third-order valence-electron chi connectivity index (χ3n) is 4.67. The van der Waals surface area contributed by atoms with Gasteiger partial charge in [-0.2, -0.15) is 0 Å². The molecular weight excluding hydrogens is 270 g/mol. The summed E-state index contributed by atoms with van der Waals surface area (Å²) in [5.74, 6) is 0.166. The summed E-state index contributed by atoms with van der Waals surface area (Å²) in [6.07, 6.45) is 3.44. The zero-order valence-corrected chi connectivity index (χ0v) is 13.3. The number of carbonyl (C=O) groups is 1. The van der Waals surface area contributed by atoms with Crippen LogP contribution in [-0.4, -0.2) is 22.9 Å². The molecule has 2 aromatic rings. The van der Waals surface area contributed by atoms with Crippen LogP contribution in [0.3, 0.4) is 0 Å². The average Bonchev–Trinajstić information content (AvgIpc) is 2.55. The second-order valence-electron chi connectivity index (χ2n) is 6.28. The van der Waals surface area contributed by atoms with Gasteiger partial charge in [-0.3, -0.25) is 4.79 Å². The zero-order valence-electron chi connectivity index (χ0n) is 13.3. The average molecular weight is 293 g/mol. The van der Waals surface area contributed by atoms with Gasteiger partial charge in [-0.1, -0.05) is 42.5 Å². The van der Waals surface area contributed by atoms with E-state index in [1.54, 1.807) is 0 Å². The van der Waals surface area contributed by atoms with Crippen molar-refractivity contribution < 1.29 is 4.79 Å². The molecule has 1 aliphatic rings. The van der Waals surface area contributed by atoms with Crippen molar-refractivity contribution in [2.45, 2.75) is 45.2 Å². The van der Waals surface area contributed by atoms with Crippen molar-refractivity contribution in [1.29, 1.82) is 0 Å². The van der Waals surface area contributed by atoms with Crippen LogP contribution in [0, 0.1) is 0 Å². The fourth-order valence-corrected chi connectivity index (χ4v) is 3.41. The van der Waals surface area contributed by atoms with E-state index in [4.69, 9.17) is 0 Å². The summed E-state index contributed by atoms with van der Waals surface area (Å²) in [6, 6.07) is 18.9. The molecule has 2 aromatic carbocycles. The lowest BCUT2D eigenvalue weighted by molar-refractivity contribution is 0.0511. The standard InChI is InChI=1S/C20H23NO/c1-15-7-6-8-16(2)21(15)20(22)19-13-11-18(12-14-19)17-9-4-3-5-10-17/h3-5,9-16H,6-8H2,1-2H3/t15-,16-/m1/s1. The first-order valence-corrected chi connectivity index (χ1v) is 8.15.